The maximum atomic E-state index is 4.22. The molecule has 4 nitrogen and oxygen atoms in total. The van der Waals surface area contributed by atoms with Crippen molar-refractivity contribution < 1.29 is 0 Å². The molecule has 2 aromatic rings. The van der Waals surface area contributed by atoms with Crippen LogP contribution in [0.15, 0.2) is 43.0 Å². The molecule has 4 heteroatoms. The molecule has 2 aliphatic rings. The lowest BCUT2D eigenvalue weighted by atomic mass is 9.62. The molecule has 0 bridgehead atoms. The second-order valence-corrected chi connectivity index (χ2v) is 6.34. The molecule has 1 aromatic carbocycles. The number of likely N-dealkylation sites (tertiary alicyclic amines) is 1. The summed E-state index contributed by atoms with van der Waals surface area (Å²) in [6.07, 6.45) is 8.87. The van der Waals surface area contributed by atoms with Crippen LogP contribution < -0.4 is 0 Å². The number of hydrogen-bond donors (Lipinski definition) is 0. The standard InChI is InChI=1S/C17H22N4/c1-2-6-15(7-3-1)17-9-5-4-8-16(17)12-20(17)10-11-21-14-18-13-19-21/h1-3,6-7,13-14,16H,4-5,8-12H2/t16-,17-/m1/s1. The molecule has 0 N–H and O–H groups in total. The van der Waals surface area contributed by atoms with Crippen molar-refractivity contribution in [1.29, 1.82) is 0 Å². The zero-order valence-corrected chi connectivity index (χ0v) is 12.4. The van der Waals surface area contributed by atoms with E-state index >= 15 is 0 Å². The Hall–Kier alpha value is -1.68. The molecular weight excluding hydrogens is 260 g/mol. The van der Waals surface area contributed by atoms with Crippen molar-refractivity contribution in [2.45, 2.75) is 37.8 Å². The largest absolute Gasteiger partial charge is 0.291 e. The molecule has 1 aromatic heterocycles. The lowest BCUT2D eigenvalue weighted by Gasteiger charge is -2.62. The smallest absolute Gasteiger partial charge is 0.137 e. The quantitative estimate of drug-likeness (QED) is 0.864. The lowest BCUT2D eigenvalue weighted by Crippen LogP contribution is -2.66. The Bertz CT molecular complexity index is 580. The topological polar surface area (TPSA) is 34.0 Å². The Morgan fingerprint density at radius 3 is 2.81 bits per heavy atom. The highest BCUT2D eigenvalue weighted by atomic mass is 15.3. The molecule has 1 aliphatic carbocycles. The maximum Gasteiger partial charge on any atom is 0.137 e. The highest BCUT2D eigenvalue weighted by molar-refractivity contribution is 5.30. The van der Waals surface area contributed by atoms with Gasteiger partial charge in [-0.25, -0.2) is 4.98 Å². The van der Waals surface area contributed by atoms with Crippen LogP contribution in [0.25, 0.3) is 0 Å². The Balaban J connectivity index is 1.56. The van der Waals surface area contributed by atoms with E-state index in [0.717, 1.165) is 19.0 Å². The van der Waals surface area contributed by atoms with Crippen LogP contribution >= 0.6 is 0 Å². The van der Waals surface area contributed by atoms with Gasteiger partial charge in [0.15, 0.2) is 0 Å². The van der Waals surface area contributed by atoms with Crippen molar-refractivity contribution >= 4 is 0 Å². The molecule has 0 radical (unpaired) electrons. The number of rotatable bonds is 4. The Morgan fingerprint density at radius 1 is 1.14 bits per heavy atom. The number of hydrogen-bond acceptors (Lipinski definition) is 3. The van der Waals surface area contributed by atoms with Gasteiger partial charge in [0, 0.05) is 13.1 Å². The van der Waals surface area contributed by atoms with Crippen molar-refractivity contribution in [2.75, 3.05) is 13.1 Å². The van der Waals surface area contributed by atoms with E-state index < -0.39 is 0 Å². The monoisotopic (exact) mass is 282 g/mol. The van der Waals surface area contributed by atoms with E-state index in [1.165, 1.54) is 37.8 Å². The first-order valence-corrected chi connectivity index (χ1v) is 8.02. The average Bonchev–Trinajstić information content (AvgIpc) is 3.02. The van der Waals surface area contributed by atoms with E-state index in [4.69, 9.17) is 0 Å². The van der Waals surface area contributed by atoms with Crippen molar-refractivity contribution in [2.24, 2.45) is 5.92 Å². The highest BCUT2D eigenvalue weighted by Gasteiger charge is 2.54. The zero-order chi connectivity index (χ0) is 14.1. The van der Waals surface area contributed by atoms with Crippen molar-refractivity contribution in [1.82, 2.24) is 19.7 Å². The van der Waals surface area contributed by atoms with Gasteiger partial charge in [-0.1, -0.05) is 43.2 Å². The Morgan fingerprint density at radius 2 is 2.05 bits per heavy atom. The first-order valence-electron chi connectivity index (χ1n) is 8.02. The van der Waals surface area contributed by atoms with Crippen LogP contribution in [-0.2, 0) is 12.1 Å². The summed E-state index contributed by atoms with van der Waals surface area (Å²) < 4.78 is 1.94. The molecule has 0 unspecified atom stereocenters. The summed E-state index contributed by atoms with van der Waals surface area (Å²) in [4.78, 5) is 6.71. The van der Waals surface area contributed by atoms with E-state index in [9.17, 15) is 0 Å². The van der Waals surface area contributed by atoms with Crippen LogP contribution in [0.4, 0.5) is 0 Å². The van der Waals surface area contributed by atoms with E-state index in [2.05, 4.69) is 45.3 Å². The van der Waals surface area contributed by atoms with Gasteiger partial charge in [-0.2, -0.15) is 5.10 Å². The number of fused-ring (bicyclic) bond motifs is 1. The number of benzene rings is 1. The molecule has 0 amide bonds. The molecule has 2 fully saturated rings. The molecular formula is C17H22N4. The van der Waals surface area contributed by atoms with Gasteiger partial charge in [-0.15, -0.1) is 0 Å². The minimum Gasteiger partial charge on any atom is -0.291 e. The summed E-state index contributed by atoms with van der Waals surface area (Å²) >= 11 is 0. The van der Waals surface area contributed by atoms with E-state index in [1.54, 1.807) is 6.33 Å². The van der Waals surface area contributed by atoms with Gasteiger partial charge >= 0.3 is 0 Å². The van der Waals surface area contributed by atoms with Crippen LogP contribution in [0.3, 0.4) is 0 Å². The fraction of sp³-hybridized carbons (Fsp3) is 0.529. The molecule has 2 heterocycles. The maximum absolute atomic E-state index is 4.22. The summed E-state index contributed by atoms with van der Waals surface area (Å²) in [5, 5.41) is 4.22. The Labute approximate surface area is 125 Å². The summed E-state index contributed by atoms with van der Waals surface area (Å²) in [6.45, 7) is 3.24. The fourth-order valence-electron chi connectivity index (χ4n) is 4.35. The predicted molar refractivity (Wildman–Crippen MR) is 81.7 cm³/mol. The van der Waals surface area contributed by atoms with Crippen LogP contribution in [0, 0.1) is 5.92 Å². The summed E-state index contributed by atoms with van der Waals surface area (Å²) in [7, 11) is 0. The Kier molecular flexibility index (Phi) is 3.26. The second kappa shape index (κ2) is 5.26. The first-order chi connectivity index (χ1) is 10.4. The van der Waals surface area contributed by atoms with Crippen molar-refractivity contribution in [3.8, 4) is 0 Å². The van der Waals surface area contributed by atoms with Gasteiger partial charge < -0.3 is 0 Å². The molecule has 2 atom stereocenters. The second-order valence-electron chi connectivity index (χ2n) is 6.34. The van der Waals surface area contributed by atoms with Gasteiger partial charge in [0.1, 0.15) is 12.7 Å². The van der Waals surface area contributed by atoms with Crippen molar-refractivity contribution in [3.05, 3.63) is 48.5 Å². The number of aromatic nitrogens is 3. The fourth-order valence-corrected chi connectivity index (χ4v) is 4.35. The van der Waals surface area contributed by atoms with Gasteiger partial charge in [0.05, 0.1) is 12.1 Å². The molecule has 21 heavy (non-hydrogen) atoms. The van der Waals surface area contributed by atoms with Crippen LogP contribution in [0.1, 0.15) is 31.2 Å². The summed E-state index contributed by atoms with van der Waals surface area (Å²) in [5.74, 6) is 0.837. The third kappa shape index (κ3) is 2.09. The lowest BCUT2D eigenvalue weighted by molar-refractivity contribution is -0.116. The first kappa shape index (κ1) is 13.0. The third-order valence-corrected chi connectivity index (χ3v) is 5.38. The predicted octanol–water partition coefficient (Wildman–Crippen LogP) is 2.68. The van der Waals surface area contributed by atoms with Crippen LogP contribution in [0.2, 0.25) is 0 Å². The van der Waals surface area contributed by atoms with Gasteiger partial charge in [0.25, 0.3) is 0 Å². The van der Waals surface area contributed by atoms with E-state index in [-0.39, 0.29) is 0 Å². The SMILES string of the molecule is c1ccc([C@]23CCCC[C@@H]2CN3CCn2cncn2)cc1. The minimum atomic E-state index is 0.292. The molecule has 0 spiro atoms. The average molecular weight is 282 g/mol. The van der Waals surface area contributed by atoms with E-state index in [0.29, 0.717) is 5.54 Å². The number of nitrogens with zero attached hydrogens (tertiary/aromatic N) is 4. The normalized spacial score (nSPS) is 28.9. The van der Waals surface area contributed by atoms with Crippen LogP contribution in [0.5, 0.6) is 0 Å². The highest BCUT2D eigenvalue weighted by Crippen LogP contribution is 2.53. The summed E-state index contributed by atoms with van der Waals surface area (Å²) in [5.41, 5.74) is 1.81. The third-order valence-electron chi connectivity index (χ3n) is 5.38. The molecule has 4 rings (SSSR count). The van der Waals surface area contributed by atoms with Crippen LogP contribution in [-0.4, -0.2) is 32.8 Å². The molecule has 110 valence electrons. The van der Waals surface area contributed by atoms with E-state index in [1.807, 2.05) is 11.0 Å². The molecule has 1 saturated heterocycles. The minimum absolute atomic E-state index is 0.292. The summed E-state index contributed by atoms with van der Waals surface area (Å²) in [6, 6.07) is 11.1. The molecule has 1 saturated carbocycles. The van der Waals surface area contributed by atoms with Gasteiger partial charge in [-0.3, -0.25) is 9.58 Å². The van der Waals surface area contributed by atoms with Crippen molar-refractivity contribution in [3.63, 3.8) is 0 Å². The van der Waals surface area contributed by atoms with Gasteiger partial charge in [-0.05, 0) is 24.3 Å². The zero-order valence-electron chi connectivity index (χ0n) is 12.4. The molecule has 1 aliphatic heterocycles. The van der Waals surface area contributed by atoms with Gasteiger partial charge in [0.2, 0.25) is 0 Å².